The van der Waals surface area contributed by atoms with E-state index in [4.69, 9.17) is 4.74 Å². The molecule has 4 rings (SSSR count). The Morgan fingerprint density at radius 1 is 0.914 bits per heavy atom. The Kier molecular flexibility index (Phi) is 7.52. The summed E-state index contributed by atoms with van der Waals surface area (Å²) in [5.41, 5.74) is 2.59. The molecule has 35 heavy (non-hydrogen) atoms. The molecule has 0 spiro atoms. The maximum Gasteiger partial charge on any atom is 0.273 e. The molecule has 0 aliphatic carbocycles. The average molecular weight is 471 g/mol. The van der Waals surface area contributed by atoms with Gasteiger partial charge in [-0.2, -0.15) is 0 Å². The van der Waals surface area contributed by atoms with Gasteiger partial charge in [0, 0.05) is 25.1 Å². The fraction of sp³-hybridized carbons (Fsp3) is 0.185. The molecule has 0 atom stereocenters. The van der Waals surface area contributed by atoms with Gasteiger partial charge in [0.1, 0.15) is 18.0 Å². The predicted octanol–water partition coefficient (Wildman–Crippen LogP) is 3.29. The van der Waals surface area contributed by atoms with Gasteiger partial charge in [-0.15, -0.1) is 0 Å². The SMILES string of the molecule is COc1ccc(NC(=O)Cn2c(=O)c(CCC(=O)NCc3ccccc3)nc3ccccc32)cc1. The number of benzene rings is 3. The molecular weight excluding hydrogens is 444 g/mol. The molecule has 0 radical (unpaired) electrons. The third-order valence-corrected chi connectivity index (χ3v) is 5.52. The lowest BCUT2D eigenvalue weighted by Gasteiger charge is -2.13. The number of anilines is 1. The maximum atomic E-state index is 13.2. The van der Waals surface area contributed by atoms with Crippen LogP contribution in [0.15, 0.2) is 83.7 Å². The highest BCUT2D eigenvalue weighted by Gasteiger charge is 2.15. The van der Waals surface area contributed by atoms with Gasteiger partial charge in [0.15, 0.2) is 0 Å². The minimum atomic E-state index is -0.385. The first-order valence-corrected chi connectivity index (χ1v) is 11.3. The fourth-order valence-corrected chi connectivity index (χ4v) is 3.70. The topological polar surface area (TPSA) is 102 Å². The van der Waals surface area contributed by atoms with Crippen molar-refractivity contribution in [3.63, 3.8) is 0 Å². The lowest BCUT2D eigenvalue weighted by molar-refractivity contribution is -0.121. The largest absolute Gasteiger partial charge is 0.497 e. The summed E-state index contributed by atoms with van der Waals surface area (Å²) in [6.07, 6.45) is 0.288. The van der Waals surface area contributed by atoms with Crippen molar-refractivity contribution in [2.24, 2.45) is 0 Å². The van der Waals surface area contributed by atoms with Crippen molar-refractivity contribution in [3.8, 4) is 5.75 Å². The highest BCUT2D eigenvalue weighted by atomic mass is 16.5. The first-order chi connectivity index (χ1) is 17.0. The quantitative estimate of drug-likeness (QED) is 0.391. The monoisotopic (exact) mass is 470 g/mol. The summed E-state index contributed by atoms with van der Waals surface area (Å²) in [6, 6.07) is 23.7. The van der Waals surface area contributed by atoms with Crippen LogP contribution in [-0.4, -0.2) is 28.5 Å². The number of carbonyl (C=O) groups is 2. The zero-order chi connectivity index (χ0) is 24.6. The third-order valence-electron chi connectivity index (χ3n) is 5.52. The Morgan fingerprint density at radius 3 is 2.37 bits per heavy atom. The van der Waals surface area contributed by atoms with Gasteiger partial charge in [0.25, 0.3) is 5.56 Å². The first kappa shape index (κ1) is 23.7. The van der Waals surface area contributed by atoms with Crippen LogP contribution >= 0.6 is 0 Å². The summed E-state index contributed by atoms with van der Waals surface area (Å²) in [6.45, 7) is 0.238. The van der Waals surface area contributed by atoms with Crippen LogP contribution in [0.5, 0.6) is 5.75 Å². The number of nitrogens with one attached hydrogen (secondary N) is 2. The fourth-order valence-electron chi connectivity index (χ4n) is 3.70. The number of methoxy groups -OCH3 is 1. The zero-order valence-corrected chi connectivity index (χ0v) is 19.4. The van der Waals surface area contributed by atoms with Gasteiger partial charge in [0.05, 0.1) is 18.1 Å². The maximum absolute atomic E-state index is 13.2. The van der Waals surface area contributed by atoms with Gasteiger partial charge in [-0.25, -0.2) is 4.98 Å². The molecule has 0 unspecified atom stereocenters. The molecule has 4 aromatic rings. The van der Waals surface area contributed by atoms with Crippen LogP contribution in [0.3, 0.4) is 0 Å². The van der Waals surface area contributed by atoms with Crippen molar-refractivity contribution in [1.29, 1.82) is 0 Å². The van der Waals surface area contributed by atoms with Crippen molar-refractivity contribution in [2.45, 2.75) is 25.9 Å². The summed E-state index contributed by atoms with van der Waals surface area (Å²) in [7, 11) is 1.57. The number of aryl methyl sites for hydroxylation is 1. The van der Waals surface area contributed by atoms with Gasteiger partial charge >= 0.3 is 0 Å². The molecule has 0 saturated carbocycles. The molecule has 1 heterocycles. The second-order valence-corrected chi connectivity index (χ2v) is 7.98. The van der Waals surface area contributed by atoms with Crippen molar-refractivity contribution < 1.29 is 14.3 Å². The number of ether oxygens (including phenoxy) is 1. The summed E-state index contributed by atoms with van der Waals surface area (Å²) in [4.78, 5) is 42.8. The number of rotatable bonds is 9. The first-order valence-electron chi connectivity index (χ1n) is 11.3. The van der Waals surface area contributed by atoms with E-state index in [1.807, 2.05) is 36.4 Å². The smallest absolute Gasteiger partial charge is 0.273 e. The van der Waals surface area contributed by atoms with Gasteiger partial charge in [-0.3, -0.25) is 19.0 Å². The van der Waals surface area contributed by atoms with Crippen LogP contribution in [0, 0.1) is 0 Å². The number of amides is 2. The third kappa shape index (κ3) is 6.11. The van der Waals surface area contributed by atoms with Crippen molar-refractivity contribution in [2.75, 3.05) is 12.4 Å². The van der Waals surface area contributed by atoms with E-state index in [0.29, 0.717) is 29.0 Å². The number of hydrogen-bond acceptors (Lipinski definition) is 5. The molecule has 0 fully saturated rings. The van der Waals surface area contributed by atoms with Gasteiger partial charge in [-0.05, 0) is 42.0 Å². The molecule has 8 nitrogen and oxygen atoms in total. The van der Waals surface area contributed by atoms with Crippen LogP contribution in [0.2, 0.25) is 0 Å². The summed E-state index contributed by atoms with van der Waals surface area (Å²) < 4.78 is 6.53. The van der Waals surface area contributed by atoms with E-state index in [2.05, 4.69) is 15.6 Å². The van der Waals surface area contributed by atoms with Gasteiger partial charge < -0.3 is 15.4 Å². The molecular formula is C27H26N4O4. The van der Waals surface area contributed by atoms with E-state index in [1.165, 1.54) is 4.57 Å². The Hall–Kier alpha value is -4.46. The minimum absolute atomic E-state index is 0.117. The molecule has 1 aromatic heterocycles. The molecule has 8 heteroatoms. The predicted molar refractivity (Wildman–Crippen MR) is 134 cm³/mol. The van der Waals surface area contributed by atoms with Crippen molar-refractivity contribution in [1.82, 2.24) is 14.9 Å². The Balaban J connectivity index is 1.48. The molecule has 3 aromatic carbocycles. The van der Waals surface area contributed by atoms with Crippen LogP contribution < -0.4 is 20.9 Å². The van der Waals surface area contributed by atoms with Gasteiger partial charge in [0.2, 0.25) is 11.8 Å². The van der Waals surface area contributed by atoms with E-state index in [1.54, 1.807) is 49.6 Å². The summed E-state index contributed by atoms with van der Waals surface area (Å²) >= 11 is 0. The summed E-state index contributed by atoms with van der Waals surface area (Å²) in [5, 5.41) is 5.66. The van der Waals surface area contributed by atoms with Crippen molar-refractivity contribution >= 4 is 28.5 Å². The lowest BCUT2D eigenvalue weighted by Crippen LogP contribution is -2.32. The highest BCUT2D eigenvalue weighted by molar-refractivity contribution is 5.91. The molecule has 0 saturated heterocycles. The molecule has 0 aliphatic heterocycles. The van der Waals surface area contributed by atoms with E-state index in [-0.39, 0.29) is 42.5 Å². The number of fused-ring (bicyclic) bond motifs is 1. The Bertz CT molecular complexity index is 1380. The standard InChI is InChI=1S/C27H26N4O4/c1-35-21-13-11-20(12-14-21)29-26(33)18-31-24-10-6-5-9-22(24)30-23(27(31)34)15-16-25(32)28-17-19-7-3-2-4-8-19/h2-14H,15-18H2,1H3,(H,28,32)(H,29,33). The normalized spacial score (nSPS) is 10.7. The number of carbonyl (C=O) groups excluding carboxylic acids is 2. The number of hydrogen-bond donors (Lipinski definition) is 2. The van der Waals surface area contributed by atoms with Crippen LogP contribution in [-0.2, 0) is 29.1 Å². The molecule has 178 valence electrons. The molecule has 0 aliphatic rings. The van der Waals surface area contributed by atoms with Crippen LogP contribution in [0.4, 0.5) is 5.69 Å². The number of aromatic nitrogens is 2. The van der Waals surface area contributed by atoms with Crippen LogP contribution in [0.1, 0.15) is 17.7 Å². The van der Waals surface area contributed by atoms with E-state index in [0.717, 1.165) is 5.56 Å². The number of nitrogens with zero attached hydrogens (tertiary/aromatic N) is 2. The van der Waals surface area contributed by atoms with Crippen LogP contribution in [0.25, 0.3) is 11.0 Å². The molecule has 2 amide bonds. The zero-order valence-electron chi connectivity index (χ0n) is 19.4. The molecule has 0 bridgehead atoms. The Morgan fingerprint density at radius 2 is 1.63 bits per heavy atom. The lowest BCUT2D eigenvalue weighted by atomic mass is 10.2. The number of para-hydroxylation sites is 2. The summed E-state index contributed by atoms with van der Waals surface area (Å²) in [5.74, 6) is 0.156. The van der Waals surface area contributed by atoms with E-state index < -0.39 is 0 Å². The second kappa shape index (κ2) is 11.1. The second-order valence-electron chi connectivity index (χ2n) is 7.98. The minimum Gasteiger partial charge on any atom is -0.497 e. The van der Waals surface area contributed by atoms with E-state index in [9.17, 15) is 14.4 Å². The molecule has 2 N–H and O–H groups in total. The Labute approximate surface area is 202 Å². The highest BCUT2D eigenvalue weighted by Crippen LogP contribution is 2.16. The van der Waals surface area contributed by atoms with Gasteiger partial charge in [-0.1, -0.05) is 42.5 Å². The van der Waals surface area contributed by atoms with Crippen molar-refractivity contribution in [3.05, 3.63) is 100 Å². The van der Waals surface area contributed by atoms with E-state index >= 15 is 0 Å². The average Bonchev–Trinajstić information content (AvgIpc) is 2.89.